The van der Waals surface area contributed by atoms with Gasteiger partial charge in [-0.2, -0.15) is 0 Å². The fourth-order valence-corrected chi connectivity index (χ4v) is 2.92. The second-order valence-electron chi connectivity index (χ2n) is 4.98. The molecule has 21 heavy (non-hydrogen) atoms. The Hall–Kier alpha value is -1.14. The Labute approximate surface area is 132 Å². The molecule has 2 N–H and O–H groups in total. The average molecular weight is 311 g/mol. The smallest absolute Gasteiger partial charge is 0.191 e. The SMILES string of the molecule is CCN(CC)CCCNC(=NC)NCc1nc(C)c(C)s1. The maximum absolute atomic E-state index is 4.52. The van der Waals surface area contributed by atoms with Crippen LogP contribution in [0.25, 0.3) is 0 Å². The number of guanidine groups is 1. The highest BCUT2D eigenvalue weighted by Gasteiger charge is 2.05. The first-order valence-corrected chi connectivity index (χ1v) is 8.52. The van der Waals surface area contributed by atoms with Crippen LogP contribution in [0.1, 0.15) is 35.8 Å². The summed E-state index contributed by atoms with van der Waals surface area (Å²) >= 11 is 1.74. The molecule has 0 aliphatic heterocycles. The third kappa shape index (κ3) is 6.44. The van der Waals surface area contributed by atoms with E-state index in [1.807, 2.05) is 0 Å². The molecule has 0 atom stereocenters. The topological polar surface area (TPSA) is 52.5 Å². The largest absolute Gasteiger partial charge is 0.356 e. The van der Waals surface area contributed by atoms with Gasteiger partial charge in [-0.15, -0.1) is 11.3 Å². The van der Waals surface area contributed by atoms with Crippen LogP contribution in [-0.2, 0) is 6.54 Å². The first-order chi connectivity index (χ1) is 10.1. The fraction of sp³-hybridized carbons (Fsp3) is 0.733. The van der Waals surface area contributed by atoms with Crippen molar-refractivity contribution < 1.29 is 0 Å². The highest BCUT2D eigenvalue weighted by molar-refractivity contribution is 7.11. The molecule has 1 aromatic rings. The zero-order valence-corrected chi connectivity index (χ0v) is 14.8. The molecule has 1 aromatic heterocycles. The van der Waals surface area contributed by atoms with E-state index in [9.17, 15) is 0 Å². The van der Waals surface area contributed by atoms with Gasteiger partial charge in [-0.1, -0.05) is 13.8 Å². The minimum Gasteiger partial charge on any atom is -0.356 e. The zero-order chi connectivity index (χ0) is 15.7. The van der Waals surface area contributed by atoms with E-state index in [1.54, 1.807) is 18.4 Å². The predicted molar refractivity (Wildman–Crippen MR) is 92.2 cm³/mol. The highest BCUT2D eigenvalue weighted by atomic mass is 32.1. The predicted octanol–water partition coefficient (Wildman–Crippen LogP) is 2.16. The normalized spacial score (nSPS) is 12.0. The number of rotatable bonds is 8. The summed E-state index contributed by atoms with van der Waals surface area (Å²) < 4.78 is 0. The monoisotopic (exact) mass is 311 g/mol. The van der Waals surface area contributed by atoms with Crippen molar-refractivity contribution in [3.8, 4) is 0 Å². The van der Waals surface area contributed by atoms with Crippen molar-refractivity contribution >= 4 is 17.3 Å². The summed E-state index contributed by atoms with van der Waals surface area (Å²) in [5.41, 5.74) is 1.12. The minimum absolute atomic E-state index is 0.731. The Morgan fingerprint density at radius 2 is 1.95 bits per heavy atom. The summed E-state index contributed by atoms with van der Waals surface area (Å²) in [7, 11) is 1.80. The van der Waals surface area contributed by atoms with E-state index in [0.29, 0.717) is 0 Å². The summed E-state index contributed by atoms with van der Waals surface area (Å²) in [6.07, 6.45) is 1.12. The molecule has 6 heteroatoms. The van der Waals surface area contributed by atoms with E-state index in [2.05, 4.69) is 53.2 Å². The third-order valence-corrected chi connectivity index (χ3v) is 4.61. The maximum Gasteiger partial charge on any atom is 0.191 e. The molecule has 0 saturated carbocycles. The zero-order valence-electron chi connectivity index (χ0n) is 14.0. The van der Waals surface area contributed by atoms with Crippen molar-refractivity contribution in [3.05, 3.63) is 15.6 Å². The lowest BCUT2D eigenvalue weighted by Gasteiger charge is -2.18. The molecule has 0 fully saturated rings. The third-order valence-electron chi connectivity index (χ3n) is 3.54. The minimum atomic E-state index is 0.731. The van der Waals surface area contributed by atoms with E-state index in [-0.39, 0.29) is 0 Å². The van der Waals surface area contributed by atoms with Gasteiger partial charge in [-0.3, -0.25) is 4.99 Å². The number of nitrogens with zero attached hydrogens (tertiary/aromatic N) is 3. The van der Waals surface area contributed by atoms with Crippen molar-refractivity contribution in [1.29, 1.82) is 0 Å². The summed E-state index contributed by atoms with van der Waals surface area (Å²) in [5.74, 6) is 0.847. The Balaban J connectivity index is 2.26. The van der Waals surface area contributed by atoms with Gasteiger partial charge in [0, 0.05) is 18.5 Å². The molecular weight excluding hydrogens is 282 g/mol. The van der Waals surface area contributed by atoms with E-state index in [4.69, 9.17) is 0 Å². The van der Waals surface area contributed by atoms with Crippen LogP contribution in [0.5, 0.6) is 0 Å². The van der Waals surface area contributed by atoms with Crippen molar-refractivity contribution in [2.24, 2.45) is 4.99 Å². The van der Waals surface area contributed by atoms with Crippen LogP contribution in [0, 0.1) is 13.8 Å². The van der Waals surface area contributed by atoms with Crippen LogP contribution in [0.3, 0.4) is 0 Å². The summed E-state index contributed by atoms with van der Waals surface area (Å²) in [4.78, 5) is 12.5. The van der Waals surface area contributed by atoms with Gasteiger partial charge in [0.1, 0.15) is 5.01 Å². The second kappa shape index (κ2) is 9.73. The maximum atomic E-state index is 4.52. The number of aryl methyl sites for hydroxylation is 2. The molecule has 0 radical (unpaired) electrons. The molecule has 0 amide bonds. The molecule has 1 rings (SSSR count). The average Bonchev–Trinajstić information content (AvgIpc) is 2.81. The Morgan fingerprint density at radius 1 is 1.24 bits per heavy atom. The molecule has 0 unspecified atom stereocenters. The summed E-state index contributed by atoms with van der Waals surface area (Å²) in [6, 6.07) is 0. The van der Waals surface area contributed by atoms with Gasteiger partial charge in [-0.25, -0.2) is 4.98 Å². The van der Waals surface area contributed by atoms with Gasteiger partial charge in [0.05, 0.1) is 12.2 Å². The lowest BCUT2D eigenvalue weighted by molar-refractivity contribution is 0.300. The number of hydrogen-bond donors (Lipinski definition) is 2. The Morgan fingerprint density at radius 3 is 2.48 bits per heavy atom. The summed E-state index contributed by atoms with van der Waals surface area (Å²) in [6.45, 7) is 13.6. The standard InChI is InChI=1S/C15H29N5S/c1-6-20(7-2)10-8-9-17-15(16-5)18-11-14-19-12(3)13(4)21-14/h6-11H2,1-5H3,(H2,16,17,18). The first kappa shape index (κ1) is 17.9. The van der Waals surface area contributed by atoms with Gasteiger partial charge in [0.25, 0.3) is 0 Å². The highest BCUT2D eigenvalue weighted by Crippen LogP contribution is 2.15. The molecule has 0 bridgehead atoms. The molecule has 0 saturated heterocycles. The van der Waals surface area contributed by atoms with Gasteiger partial charge >= 0.3 is 0 Å². The van der Waals surface area contributed by atoms with Gasteiger partial charge in [0.15, 0.2) is 5.96 Å². The second-order valence-corrected chi connectivity index (χ2v) is 6.27. The van der Waals surface area contributed by atoms with Gasteiger partial charge < -0.3 is 15.5 Å². The van der Waals surface area contributed by atoms with Crippen molar-refractivity contribution in [3.63, 3.8) is 0 Å². The van der Waals surface area contributed by atoms with Crippen LogP contribution in [0.15, 0.2) is 4.99 Å². The number of aromatic nitrogens is 1. The Bertz CT molecular complexity index is 418. The molecule has 0 aliphatic carbocycles. The van der Waals surface area contributed by atoms with Crippen LogP contribution < -0.4 is 10.6 Å². The van der Waals surface area contributed by atoms with Crippen molar-refractivity contribution in [1.82, 2.24) is 20.5 Å². The lowest BCUT2D eigenvalue weighted by atomic mass is 10.3. The molecule has 0 spiro atoms. The molecule has 0 aromatic carbocycles. The Kier molecular flexibility index (Phi) is 8.30. The molecular formula is C15H29N5S. The van der Waals surface area contributed by atoms with Gasteiger partial charge in [-0.05, 0) is 39.9 Å². The molecule has 1 heterocycles. The van der Waals surface area contributed by atoms with Crippen LogP contribution in [-0.4, -0.2) is 49.1 Å². The molecule has 120 valence electrons. The fourth-order valence-electron chi connectivity index (χ4n) is 2.04. The number of nitrogens with one attached hydrogen (secondary N) is 2. The van der Waals surface area contributed by atoms with Gasteiger partial charge in [0.2, 0.25) is 0 Å². The van der Waals surface area contributed by atoms with E-state index in [0.717, 1.165) is 55.8 Å². The number of thiazole rings is 1. The summed E-state index contributed by atoms with van der Waals surface area (Å²) in [5, 5.41) is 7.78. The quantitative estimate of drug-likeness (QED) is 0.439. The molecule has 0 aliphatic rings. The first-order valence-electron chi connectivity index (χ1n) is 7.70. The van der Waals surface area contributed by atoms with E-state index >= 15 is 0 Å². The lowest BCUT2D eigenvalue weighted by Crippen LogP contribution is -2.38. The number of hydrogen-bond acceptors (Lipinski definition) is 4. The van der Waals surface area contributed by atoms with Crippen LogP contribution in [0.2, 0.25) is 0 Å². The van der Waals surface area contributed by atoms with Crippen LogP contribution in [0.4, 0.5) is 0 Å². The van der Waals surface area contributed by atoms with Crippen molar-refractivity contribution in [2.75, 3.05) is 33.2 Å². The number of aliphatic imine (C=N–C) groups is 1. The van der Waals surface area contributed by atoms with E-state index < -0.39 is 0 Å². The van der Waals surface area contributed by atoms with E-state index in [1.165, 1.54) is 4.88 Å². The van der Waals surface area contributed by atoms with Crippen molar-refractivity contribution in [2.45, 2.75) is 40.7 Å². The molecule has 5 nitrogen and oxygen atoms in total. The van der Waals surface area contributed by atoms with Crippen LogP contribution >= 0.6 is 11.3 Å².